The van der Waals surface area contributed by atoms with Crippen LogP contribution in [0.15, 0.2) is 6.33 Å². The van der Waals surface area contributed by atoms with Gasteiger partial charge in [0.15, 0.2) is 6.10 Å². The number of aromatic nitrogens is 3. The summed E-state index contributed by atoms with van der Waals surface area (Å²) in [6, 6.07) is 0. The summed E-state index contributed by atoms with van der Waals surface area (Å²) in [5.74, 6) is -2.06. The Labute approximate surface area is 78.0 Å². The molecule has 1 heterocycles. The molecule has 1 aromatic rings. The summed E-state index contributed by atoms with van der Waals surface area (Å²) in [7, 11) is 0. The average Bonchev–Trinajstić information content (AvgIpc) is 2.66. The van der Waals surface area contributed by atoms with Crippen molar-refractivity contribution in [3.63, 3.8) is 0 Å². The van der Waals surface area contributed by atoms with E-state index in [1.807, 2.05) is 0 Å². The van der Waals surface area contributed by atoms with Gasteiger partial charge in [0.1, 0.15) is 6.33 Å². The number of nitrogens with one attached hydrogen (secondary N) is 2. The molecule has 0 bridgehead atoms. The number of aromatic amines is 1. The maximum Gasteiger partial charge on any atom is 0.334 e. The van der Waals surface area contributed by atoms with Crippen LogP contribution in [0.1, 0.15) is 10.6 Å². The molecule has 1 rings (SSSR count). The Hall–Kier alpha value is -1.96. The van der Waals surface area contributed by atoms with Crippen molar-refractivity contribution < 1.29 is 19.8 Å². The molecule has 0 aliphatic carbocycles. The van der Waals surface area contributed by atoms with Gasteiger partial charge in [0.2, 0.25) is 5.82 Å². The molecule has 14 heavy (non-hydrogen) atoms. The second-order valence-electron chi connectivity index (χ2n) is 2.40. The number of aliphatic hydroxyl groups is 1. The van der Waals surface area contributed by atoms with Gasteiger partial charge in [-0.05, 0) is 0 Å². The van der Waals surface area contributed by atoms with Crippen LogP contribution < -0.4 is 5.32 Å². The first-order valence-electron chi connectivity index (χ1n) is 3.65. The van der Waals surface area contributed by atoms with E-state index in [-0.39, 0.29) is 12.4 Å². The number of hydrogen-bond acceptors (Lipinski definition) is 5. The van der Waals surface area contributed by atoms with Crippen molar-refractivity contribution >= 4 is 11.9 Å². The van der Waals surface area contributed by atoms with Crippen LogP contribution >= 0.6 is 0 Å². The molecule has 0 fully saturated rings. The van der Waals surface area contributed by atoms with Gasteiger partial charge >= 0.3 is 5.97 Å². The molecule has 0 saturated heterocycles. The van der Waals surface area contributed by atoms with Crippen LogP contribution in [-0.4, -0.2) is 49.9 Å². The molecule has 1 aromatic heterocycles. The lowest BCUT2D eigenvalue weighted by Gasteiger charge is -2.05. The third-order valence-corrected chi connectivity index (χ3v) is 1.37. The fourth-order valence-electron chi connectivity index (χ4n) is 0.675. The maximum atomic E-state index is 11.1. The topological polar surface area (TPSA) is 128 Å². The van der Waals surface area contributed by atoms with Crippen LogP contribution in [0.2, 0.25) is 0 Å². The van der Waals surface area contributed by atoms with Crippen molar-refractivity contribution in [2.24, 2.45) is 0 Å². The molecule has 0 aliphatic rings. The van der Waals surface area contributed by atoms with E-state index >= 15 is 0 Å². The van der Waals surface area contributed by atoms with Gasteiger partial charge in [-0.25, -0.2) is 9.78 Å². The summed E-state index contributed by atoms with van der Waals surface area (Å²) >= 11 is 0. The lowest BCUT2D eigenvalue weighted by atomic mass is 10.3. The summed E-state index contributed by atoms with van der Waals surface area (Å²) in [6.07, 6.45) is -0.482. The van der Waals surface area contributed by atoms with E-state index in [9.17, 15) is 9.59 Å². The van der Waals surface area contributed by atoms with E-state index < -0.39 is 18.0 Å². The molecule has 0 saturated carbocycles. The Balaban J connectivity index is 2.40. The Bertz CT molecular complexity index is 323. The molecule has 0 aromatic carbocycles. The fourth-order valence-corrected chi connectivity index (χ4v) is 0.675. The van der Waals surface area contributed by atoms with Gasteiger partial charge in [-0.3, -0.25) is 9.89 Å². The highest BCUT2D eigenvalue weighted by molar-refractivity contribution is 5.90. The lowest BCUT2D eigenvalue weighted by Crippen LogP contribution is -2.36. The zero-order valence-corrected chi connectivity index (χ0v) is 6.97. The van der Waals surface area contributed by atoms with Gasteiger partial charge < -0.3 is 15.5 Å². The van der Waals surface area contributed by atoms with Gasteiger partial charge in [0.25, 0.3) is 5.91 Å². The second-order valence-corrected chi connectivity index (χ2v) is 2.40. The third kappa shape index (κ3) is 2.52. The third-order valence-electron chi connectivity index (χ3n) is 1.37. The summed E-state index contributed by atoms with van der Waals surface area (Å²) in [5.41, 5.74) is 0. The van der Waals surface area contributed by atoms with E-state index in [1.54, 1.807) is 0 Å². The van der Waals surface area contributed by atoms with E-state index in [0.29, 0.717) is 0 Å². The molecule has 0 spiro atoms. The Morgan fingerprint density at radius 1 is 1.64 bits per heavy atom. The quantitative estimate of drug-likeness (QED) is 0.444. The van der Waals surface area contributed by atoms with E-state index in [1.165, 1.54) is 0 Å². The number of H-pyrrole nitrogens is 1. The minimum absolute atomic E-state index is 0.0393. The van der Waals surface area contributed by atoms with Gasteiger partial charge in [-0.15, -0.1) is 0 Å². The van der Waals surface area contributed by atoms with Gasteiger partial charge in [-0.1, -0.05) is 0 Å². The summed E-state index contributed by atoms with van der Waals surface area (Å²) in [5, 5.41) is 25.0. The SMILES string of the molecule is O=C(NCC(O)C(=O)O)c1ncn[nH]1. The standard InChI is InChI=1S/C6H8N4O4/c11-3(6(13)14)1-7-5(12)4-8-2-9-10-4/h2-3,11H,1H2,(H,7,12)(H,13,14)(H,8,9,10). The number of carboxylic acid groups (broad SMARTS) is 1. The number of rotatable bonds is 4. The summed E-state index contributed by atoms with van der Waals surface area (Å²) < 4.78 is 0. The zero-order chi connectivity index (χ0) is 10.6. The zero-order valence-electron chi connectivity index (χ0n) is 6.97. The molecule has 1 atom stereocenters. The Morgan fingerprint density at radius 2 is 2.36 bits per heavy atom. The molecule has 1 amide bonds. The van der Waals surface area contributed by atoms with Crippen molar-refractivity contribution in [3.8, 4) is 0 Å². The average molecular weight is 200 g/mol. The van der Waals surface area contributed by atoms with Crippen molar-refractivity contribution in [3.05, 3.63) is 12.2 Å². The van der Waals surface area contributed by atoms with Crippen molar-refractivity contribution in [2.75, 3.05) is 6.54 Å². The van der Waals surface area contributed by atoms with E-state index in [0.717, 1.165) is 6.33 Å². The molecule has 8 nitrogen and oxygen atoms in total. The number of nitrogens with zero attached hydrogens (tertiary/aromatic N) is 2. The predicted molar refractivity (Wildman–Crippen MR) is 42.4 cm³/mol. The Morgan fingerprint density at radius 3 is 2.86 bits per heavy atom. The lowest BCUT2D eigenvalue weighted by molar-refractivity contribution is -0.146. The number of amides is 1. The van der Waals surface area contributed by atoms with E-state index in [4.69, 9.17) is 10.2 Å². The molecule has 1 unspecified atom stereocenters. The molecule has 0 radical (unpaired) electrons. The van der Waals surface area contributed by atoms with Gasteiger partial charge in [0, 0.05) is 0 Å². The first-order valence-corrected chi connectivity index (χ1v) is 3.65. The molecule has 0 aliphatic heterocycles. The number of carbonyl (C=O) groups is 2. The molecule has 4 N–H and O–H groups in total. The number of hydrogen-bond donors (Lipinski definition) is 4. The van der Waals surface area contributed by atoms with Crippen LogP contribution in [0.4, 0.5) is 0 Å². The predicted octanol–water partition coefficient (Wildman–Crippen LogP) is -2.02. The van der Waals surface area contributed by atoms with Crippen LogP contribution in [0.5, 0.6) is 0 Å². The molecule has 8 heteroatoms. The summed E-state index contributed by atoms with van der Waals surface area (Å²) in [4.78, 5) is 24.8. The van der Waals surface area contributed by atoms with Gasteiger partial charge in [0.05, 0.1) is 6.54 Å². The molecular formula is C6H8N4O4. The van der Waals surface area contributed by atoms with Crippen LogP contribution in [-0.2, 0) is 4.79 Å². The highest BCUT2D eigenvalue weighted by atomic mass is 16.4. The maximum absolute atomic E-state index is 11.1. The minimum Gasteiger partial charge on any atom is -0.479 e. The van der Waals surface area contributed by atoms with Crippen LogP contribution in [0.3, 0.4) is 0 Å². The first-order chi connectivity index (χ1) is 6.61. The number of aliphatic hydroxyl groups excluding tert-OH is 1. The Kier molecular flexibility index (Phi) is 3.13. The van der Waals surface area contributed by atoms with E-state index in [2.05, 4.69) is 20.5 Å². The smallest absolute Gasteiger partial charge is 0.334 e. The largest absolute Gasteiger partial charge is 0.479 e. The minimum atomic E-state index is -1.62. The highest BCUT2D eigenvalue weighted by Crippen LogP contribution is 1.86. The van der Waals surface area contributed by atoms with Crippen molar-refractivity contribution in [1.29, 1.82) is 0 Å². The van der Waals surface area contributed by atoms with Gasteiger partial charge in [-0.2, -0.15) is 5.10 Å². The number of carboxylic acids is 1. The monoisotopic (exact) mass is 200 g/mol. The second kappa shape index (κ2) is 4.33. The highest BCUT2D eigenvalue weighted by Gasteiger charge is 2.15. The fraction of sp³-hybridized carbons (Fsp3) is 0.333. The first kappa shape index (κ1) is 10.1. The number of carbonyl (C=O) groups excluding carboxylic acids is 1. The normalized spacial score (nSPS) is 12.1. The summed E-state index contributed by atoms with van der Waals surface area (Å²) in [6.45, 7) is -0.380. The number of aliphatic carboxylic acids is 1. The molecule has 76 valence electrons. The van der Waals surface area contributed by atoms with Crippen LogP contribution in [0.25, 0.3) is 0 Å². The van der Waals surface area contributed by atoms with Crippen molar-refractivity contribution in [1.82, 2.24) is 20.5 Å². The molecular weight excluding hydrogens is 192 g/mol. The van der Waals surface area contributed by atoms with Crippen LogP contribution in [0, 0.1) is 0 Å². The van der Waals surface area contributed by atoms with Crippen molar-refractivity contribution in [2.45, 2.75) is 6.10 Å².